The minimum atomic E-state index is -0.169. The van der Waals surface area contributed by atoms with Crippen molar-refractivity contribution in [1.82, 2.24) is 10.2 Å². The van der Waals surface area contributed by atoms with Gasteiger partial charge in [-0.1, -0.05) is 18.2 Å². The fraction of sp³-hybridized carbons (Fsp3) is 0.278. The monoisotopic (exact) mass is 348 g/mol. The number of unbranched alkanes of at least 4 members (excludes halogenated alkanes) is 1. The molecule has 0 unspecified atom stereocenters. The Balaban J connectivity index is 1.99. The number of carbonyl (C=O) groups is 1. The van der Waals surface area contributed by atoms with Crippen LogP contribution in [0.3, 0.4) is 0 Å². The van der Waals surface area contributed by atoms with Crippen LogP contribution < -0.4 is 19.6 Å². The quantitative estimate of drug-likeness (QED) is 0.535. The van der Waals surface area contributed by atoms with Gasteiger partial charge in [-0.3, -0.25) is 4.79 Å². The summed E-state index contributed by atoms with van der Waals surface area (Å²) in [5.74, 6) is 1.65. The molecule has 0 aliphatic rings. The number of carbonyl (C=O) groups excluding carboxylic acids is 1. The van der Waals surface area contributed by atoms with Crippen molar-refractivity contribution < 1.29 is 14.3 Å². The van der Waals surface area contributed by atoms with Crippen molar-refractivity contribution >= 4 is 17.7 Å². The van der Waals surface area contributed by atoms with Crippen molar-refractivity contribution in [2.75, 3.05) is 20.2 Å². The highest BCUT2D eigenvalue weighted by Crippen LogP contribution is 2.28. The molecular formula is C18H21ClN2O3. The molecule has 6 heteroatoms. The topological polar surface area (TPSA) is 59.6 Å². The van der Waals surface area contributed by atoms with Gasteiger partial charge in [-0.2, -0.15) is 0 Å². The van der Waals surface area contributed by atoms with Crippen molar-refractivity contribution in [3.05, 3.63) is 54.1 Å². The smallest absolute Gasteiger partial charge is 0.255 e. The van der Waals surface area contributed by atoms with E-state index in [1.54, 1.807) is 18.2 Å². The van der Waals surface area contributed by atoms with Gasteiger partial charge in [0, 0.05) is 19.2 Å². The van der Waals surface area contributed by atoms with Crippen LogP contribution >= 0.6 is 11.8 Å². The maximum absolute atomic E-state index is 12.3. The summed E-state index contributed by atoms with van der Waals surface area (Å²) in [6, 6.07) is 14.6. The van der Waals surface area contributed by atoms with Gasteiger partial charge < -0.3 is 14.8 Å². The molecule has 0 spiro atoms. The number of benzene rings is 2. The number of amides is 1. The minimum Gasteiger partial charge on any atom is -0.496 e. The molecule has 0 aliphatic carbocycles. The van der Waals surface area contributed by atoms with Crippen LogP contribution in [0, 0.1) is 0 Å². The van der Waals surface area contributed by atoms with Crippen LogP contribution in [0.25, 0.3) is 0 Å². The van der Waals surface area contributed by atoms with Gasteiger partial charge in [0.15, 0.2) is 0 Å². The van der Waals surface area contributed by atoms with E-state index in [0.717, 1.165) is 18.6 Å². The second-order valence-corrected chi connectivity index (χ2v) is 5.39. The Labute approximate surface area is 147 Å². The van der Waals surface area contributed by atoms with Crippen LogP contribution in [0.1, 0.15) is 23.2 Å². The summed E-state index contributed by atoms with van der Waals surface area (Å²) in [5, 5.41) is 2.87. The number of methoxy groups -OCH3 is 1. The number of nitrogens with one attached hydrogen (secondary N) is 2. The second-order valence-electron chi connectivity index (χ2n) is 5.12. The molecule has 0 fully saturated rings. The van der Waals surface area contributed by atoms with Crippen LogP contribution in [0.2, 0.25) is 0 Å². The van der Waals surface area contributed by atoms with Crippen molar-refractivity contribution in [3.63, 3.8) is 0 Å². The average molecular weight is 349 g/mol. The highest BCUT2D eigenvalue weighted by molar-refractivity contribution is 6.13. The molecule has 0 saturated heterocycles. The first-order valence-electron chi connectivity index (χ1n) is 7.77. The van der Waals surface area contributed by atoms with Gasteiger partial charge in [0.1, 0.15) is 17.2 Å². The summed E-state index contributed by atoms with van der Waals surface area (Å²) in [6.07, 6.45) is 1.74. The van der Waals surface area contributed by atoms with Gasteiger partial charge in [-0.25, -0.2) is 4.84 Å². The zero-order chi connectivity index (χ0) is 17.2. The largest absolute Gasteiger partial charge is 0.496 e. The van der Waals surface area contributed by atoms with E-state index in [9.17, 15) is 4.79 Å². The standard InChI is InChI=1S/C18H21ClN2O3/c1-23-17-13-15(24-14-7-3-2-4-8-14)9-10-16(17)18(22)20-11-5-6-12-21-19/h2-4,7-10,13,21H,5-6,11-12H2,1H3,(H,20,22). The van der Waals surface area contributed by atoms with Crippen molar-refractivity contribution in [2.45, 2.75) is 12.8 Å². The summed E-state index contributed by atoms with van der Waals surface area (Å²) >= 11 is 5.39. The third-order valence-electron chi connectivity index (χ3n) is 3.38. The Kier molecular flexibility index (Phi) is 7.39. The number of rotatable bonds is 9. The SMILES string of the molecule is COc1cc(Oc2ccccc2)ccc1C(=O)NCCCCNCl. The zero-order valence-electron chi connectivity index (χ0n) is 13.5. The number of para-hydroxylation sites is 1. The lowest BCUT2D eigenvalue weighted by molar-refractivity contribution is 0.0950. The van der Waals surface area contributed by atoms with E-state index >= 15 is 0 Å². The van der Waals surface area contributed by atoms with Gasteiger partial charge in [0.2, 0.25) is 0 Å². The fourth-order valence-corrected chi connectivity index (χ4v) is 2.29. The molecule has 1 amide bonds. The Hall–Kier alpha value is -2.24. The molecule has 0 aliphatic heterocycles. The lowest BCUT2D eigenvalue weighted by Crippen LogP contribution is -2.25. The number of ether oxygens (including phenoxy) is 2. The highest BCUT2D eigenvalue weighted by Gasteiger charge is 2.13. The molecule has 2 aromatic carbocycles. The highest BCUT2D eigenvalue weighted by atomic mass is 35.5. The van der Waals surface area contributed by atoms with E-state index in [1.165, 1.54) is 7.11 Å². The molecule has 5 nitrogen and oxygen atoms in total. The molecule has 128 valence electrons. The summed E-state index contributed by atoms with van der Waals surface area (Å²) < 4.78 is 11.1. The van der Waals surface area contributed by atoms with E-state index < -0.39 is 0 Å². The van der Waals surface area contributed by atoms with Crippen molar-refractivity contribution in [3.8, 4) is 17.2 Å². The molecule has 0 atom stereocenters. The lowest BCUT2D eigenvalue weighted by atomic mass is 10.1. The van der Waals surface area contributed by atoms with Crippen molar-refractivity contribution in [1.29, 1.82) is 0 Å². The van der Waals surface area contributed by atoms with E-state index in [-0.39, 0.29) is 5.91 Å². The Morgan fingerprint density at radius 1 is 1.04 bits per heavy atom. The normalized spacial score (nSPS) is 10.2. The van der Waals surface area contributed by atoms with Crippen LogP contribution in [-0.4, -0.2) is 26.1 Å². The molecule has 0 heterocycles. The summed E-state index contributed by atoms with van der Waals surface area (Å²) in [6.45, 7) is 1.30. The molecule has 0 aromatic heterocycles. The van der Waals surface area contributed by atoms with Gasteiger partial charge in [0.05, 0.1) is 12.7 Å². The van der Waals surface area contributed by atoms with Crippen LogP contribution in [0.5, 0.6) is 17.2 Å². The summed E-state index contributed by atoms with van der Waals surface area (Å²) in [5.41, 5.74) is 0.480. The summed E-state index contributed by atoms with van der Waals surface area (Å²) in [7, 11) is 1.53. The number of hydrogen-bond donors (Lipinski definition) is 2. The third-order valence-corrected chi connectivity index (χ3v) is 3.57. The zero-order valence-corrected chi connectivity index (χ0v) is 14.3. The lowest BCUT2D eigenvalue weighted by Gasteiger charge is -2.12. The van der Waals surface area contributed by atoms with Gasteiger partial charge in [0.25, 0.3) is 5.91 Å². The van der Waals surface area contributed by atoms with Crippen LogP contribution in [0.15, 0.2) is 48.5 Å². The molecule has 0 bridgehead atoms. The Bertz CT molecular complexity index is 650. The number of hydrogen-bond acceptors (Lipinski definition) is 4. The Morgan fingerprint density at radius 3 is 2.50 bits per heavy atom. The van der Waals surface area contributed by atoms with E-state index in [0.29, 0.717) is 30.2 Å². The van der Waals surface area contributed by atoms with Gasteiger partial charge >= 0.3 is 0 Å². The fourth-order valence-electron chi connectivity index (χ4n) is 2.16. The average Bonchev–Trinajstić information content (AvgIpc) is 2.62. The summed E-state index contributed by atoms with van der Waals surface area (Å²) in [4.78, 5) is 14.8. The molecule has 24 heavy (non-hydrogen) atoms. The molecule has 2 aromatic rings. The maximum Gasteiger partial charge on any atom is 0.255 e. The van der Waals surface area contributed by atoms with Crippen LogP contribution in [-0.2, 0) is 0 Å². The maximum atomic E-state index is 12.3. The molecule has 2 rings (SSSR count). The first-order valence-corrected chi connectivity index (χ1v) is 8.15. The van der Waals surface area contributed by atoms with E-state index in [2.05, 4.69) is 10.2 Å². The Morgan fingerprint density at radius 2 is 1.79 bits per heavy atom. The first kappa shape index (κ1) is 18.1. The van der Waals surface area contributed by atoms with Gasteiger partial charge in [-0.05, 0) is 48.9 Å². The van der Waals surface area contributed by atoms with Crippen molar-refractivity contribution in [2.24, 2.45) is 0 Å². The molecule has 0 radical (unpaired) electrons. The third kappa shape index (κ3) is 5.44. The molecule has 2 N–H and O–H groups in total. The van der Waals surface area contributed by atoms with Gasteiger partial charge in [-0.15, -0.1) is 0 Å². The minimum absolute atomic E-state index is 0.169. The number of halogens is 1. The van der Waals surface area contributed by atoms with E-state index in [1.807, 2.05) is 30.3 Å². The predicted octanol–water partition coefficient (Wildman–Crippen LogP) is 3.74. The second kappa shape index (κ2) is 9.80. The predicted molar refractivity (Wildman–Crippen MR) is 94.9 cm³/mol. The first-order chi connectivity index (χ1) is 11.7. The molecular weight excluding hydrogens is 328 g/mol. The van der Waals surface area contributed by atoms with Crippen LogP contribution in [0.4, 0.5) is 0 Å². The molecule has 0 saturated carbocycles. The van der Waals surface area contributed by atoms with E-state index in [4.69, 9.17) is 21.3 Å².